The Labute approximate surface area is 144 Å². The molecular weight excluding hydrogens is 327 g/mol. The molecule has 0 saturated heterocycles. The number of aliphatic carboxylic acids is 1. The van der Waals surface area contributed by atoms with Crippen molar-refractivity contribution in [1.29, 1.82) is 0 Å². The molecule has 0 radical (unpaired) electrons. The summed E-state index contributed by atoms with van der Waals surface area (Å²) < 4.78 is 18.5. The lowest BCUT2D eigenvalue weighted by Gasteiger charge is -2.21. The van der Waals surface area contributed by atoms with Crippen molar-refractivity contribution < 1.29 is 23.8 Å². The first-order chi connectivity index (χ1) is 11.8. The summed E-state index contributed by atoms with van der Waals surface area (Å²) in [6.45, 7) is 3.21. The predicted molar refractivity (Wildman–Crippen MR) is 88.8 cm³/mol. The van der Waals surface area contributed by atoms with Gasteiger partial charge in [-0.1, -0.05) is 18.2 Å². The van der Waals surface area contributed by atoms with Crippen molar-refractivity contribution in [3.05, 3.63) is 59.5 Å². The van der Waals surface area contributed by atoms with E-state index in [1.54, 1.807) is 12.1 Å². The summed E-state index contributed by atoms with van der Waals surface area (Å²) in [7, 11) is 0. The minimum absolute atomic E-state index is 0.0301. The average Bonchev–Trinajstić information content (AvgIpc) is 2.55. The van der Waals surface area contributed by atoms with Gasteiger partial charge < -0.3 is 14.7 Å². The van der Waals surface area contributed by atoms with Gasteiger partial charge >= 0.3 is 5.97 Å². The number of pyridine rings is 1. The maximum Gasteiger partial charge on any atom is 0.323 e. The van der Waals surface area contributed by atoms with Crippen LogP contribution in [0.2, 0.25) is 0 Å². The first-order valence-corrected chi connectivity index (χ1v) is 7.74. The van der Waals surface area contributed by atoms with Crippen molar-refractivity contribution in [2.75, 3.05) is 6.54 Å². The number of amides is 1. The van der Waals surface area contributed by atoms with E-state index in [1.165, 1.54) is 30.3 Å². The highest BCUT2D eigenvalue weighted by Crippen LogP contribution is 2.14. The molecule has 1 aromatic carbocycles. The molecule has 0 atom stereocenters. The molecule has 1 heterocycles. The van der Waals surface area contributed by atoms with E-state index in [-0.39, 0.29) is 24.2 Å². The summed E-state index contributed by atoms with van der Waals surface area (Å²) >= 11 is 0. The smallest absolute Gasteiger partial charge is 0.323 e. The third-order valence-electron chi connectivity index (χ3n) is 3.20. The van der Waals surface area contributed by atoms with Crippen LogP contribution in [0.25, 0.3) is 0 Å². The molecule has 25 heavy (non-hydrogen) atoms. The Bertz CT molecular complexity index is 747. The van der Waals surface area contributed by atoms with E-state index in [0.29, 0.717) is 5.56 Å². The molecule has 0 saturated carbocycles. The first kappa shape index (κ1) is 18.4. The maximum absolute atomic E-state index is 13.0. The lowest BCUT2D eigenvalue weighted by atomic mass is 10.2. The number of carboxylic acids is 1. The van der Waals surface area contributed by atoms with E-state index in [9.17, 15) is 14.0 Å². The van der Waals surface area contributed by atoms with E-state index in [1.807, 2.05) is 13.8 Å². The van der Waals surface area contributed by atoms with Crippen molar-refractivity contribution in [2.45, 2.75) is 26.5 Å². The summed E-state index contributed by atoms with van der Waals surface area (Å²) in [6.07, 6.45) is -0.104. The van der Waals surface area contributed by atoms with Crippen LogP contribution in [0, 0.1) is 5.82 Å². The van der Waals surface area contributed by atoms with Gasteiger partial charge in [-0.3, -0.25) is 9.59 Å². The molecule has 1 N–H and O–H groups in total. The minimum Gasteiger partial charge on any atom is -0.480 e. The molecule has 0 aliphatic heterocycles. The van der Waals surface area contributed by atoms with Crippen LogP contribution in [-0.4, -0.2) is 39.5 Å². The SMILES string of the molecule is CC(C)Oc1cccc(C(=O)N(CC(=O)O)Cc2ccc(F)cc2)n1. The Morgan fingerprint density at radius 3 is 2.48 bits per heavy atom. The highest BCUT2D eigenvalue weighted by Gasteiger charge is 2.20. The van der Waals surface area contributed by atoms with Crippen molar-refractivity contribution in [3.63, 3.8) is 0 Å². The van der Waals surface area contributed by atoms with Crippen LogP contribution in [0.3, 0.4) is 0 Å². The number of carboxylic acid groups (broad SMARTS) is 1. The van der Waals surface area contributed by atoms with Crippen molar-refractivity contribution in [2.24, 2.45) is 0 Å². The fourth-order valence-electron chi connectivity index (χ4n) is 2.18. The van der Waals surface area contributed by atoms with Gasteiger partial charge in [0, 0.05) is 12.6 Å². The van der Waals surface area contributed by atoms with Crippen molar-refractivity contribution in [3.8, 4) is 5.88 Å². The number of halogens is 1. The largest absolute Gasteiger partial charge is 0.480 e. The molecule has 0 aliphatic rings. The second-order valence-electron chi connectivity index (χ2n) is 5.71. The summed E-state index contributed by atoms with van der Waals surface area (Å²) in [6, 6.07) is 10.3. The zero-order valence-corrected chi connectivity index (χ0v) is 14.0. The molecule has 2 aromatic rings. The van der Waals surface area contributed by atoms with E-state index in [0.717, 1.165) is 4.90 Å². The monoisotopic (exact) mass is 346 g/mol. The molecule has 0 fully saturated rings. The summed E-state index contributed by atoms with van der Waals surface area (Å²) in [5, 5.41) is 9.08. The second-order valence-corrected chi connectivity index (χ2v) is 5.71. The Morgan fingerprint density at radius 1 is 1.20 bits per heavy atom. The van der Waals surface area contributed by atoms with Crippen LogP contribution in [0.15, 0.2) is 42.5 Å². The predicted octanol–water partition coefficient (Wildman–Crippen LogP) is 2.73. The van der Waals surface area contributed by atoms with Gasteiger partial charge in [0.25, 0.3) is 5.91 Å². The number of aromatic nitrogens is 1. The maximum atomic E-state index is 13.0. The third kappa shape index (κ3) is 5.56. The van der Waals surface area contributed by atoms with E-state index in [2.05, 4.69) is 4.98 Å². The quantitative estimate of drug-likeness (QED) is 0.834. The van der Waals surface area contributed by atoms with Crippen molar-refractivity contribution >= 4 is 11.9 Å². The zero-order valence-electron chi connectivity index (χ0n) is 14.0. The number of nitrogens with zero attached hydrogens (tertiary/aromatic N) is 2. The molecule has 0 bridgehead atoms. The van der Waals surface area contributed by atoms with E-state index >= 15 is 0 Å². The number of carbonyl (C=O) groups is 2. The van der Waals surface area contributed by atoms with Gasteiger partial charge in [-0.25, -0.2) is 9.37 Å². The standard InChI is InChI=1S/C18H19FN2O4/c1-12(2)25-16-5-3-4-15(20-16)18(24)21(11-17(22)23)10-13-6-8-14(19)9-7-13/h3-9,12H,10-11H2,1-2H3,(H,22,23). The van der Waals surface area contributed by atoms with Crippen LogP contribution >= 0.6 is 0 Å². The van der Waals surface area contributed by atoms with Crippen molar-refractivity contribution in [1.82, 2.24) is 9.88 Å². The van der Waals surface area contributed by atoms with Crippen LogP contribution in [0.1, 0.15) is 29.9 Å². The molecule has 7 heteroatoms. The number of rotatable bonds is 7. The Hall–Kier alpha value is -2.96. The molecule has 2 rings (SSSR count). The number of carbonyl (C=O) groups excluding carboxylic acids is 1. The molecule has 1 aromatic heterocycles. The topological polar surface area (TPSA) is 79.7 Å². The number of hydrogen-bond donors (Lipinski definition) is 1. The number of ether oxygens (including phenoxy) is 1. The minimum atomic E-state index is -1.15. The fraction of sp³-hybridized carbons (Fsp3) is 0.278. The molecular formula is C18H19FN2O4. The fourth-order valence-corrected chi connectivity index (χ4v) is 2.18. The van der Waals surface area contributed by atoms with Gasteiger partial charge in [-0.05, 0) is 37.6 Å². The molecule has 132 valence electrons. The normalized spacial score (nSPS) is 10.6. The van der Waals surface area contributed by atoms with Crippen LogP contribution < -0.4 is 4.74 Å². The van der Waals surface area contributed by atoms with Gasteiger partial charge in [-0.2, -0.15) is 0 Å². The highest BCUT2D eigenvalue weighted by molar-refractivity contribution is 5.94. The lowest BCUT2D eigenvalue weighted by Crippen LogP contribution is -2.35. The summed E-state index contributed by atoms with van der Waals surface area (Å²) in [5.74, 6) is -1.80. The highest BCUT2D eigenvalue weighted by atomic mass is 19.1. The molecule has 0 unspecified atom stereocenters. The second kappa shape index (κ2) is 8.23. The number of benzene rings is 1. The van der Waals surface area contributed by atoms with Crippen LogP contribution in [0.4, 0.5) is 4.39 Å². The molecule has 1 amide bonds. The van der Waals surface area contributed by atoms with Gasteiger partial charge in [0.05, 0.1) is 6.10 Å². The van der Waals surface area contributed by atoms with Gasteiger partial charge in [0.2, 0.25) is 5.88 Å². The Balaban J connectivity index is 2.23. The van der Waals surface area contributed by atoms with Crippen LogP contribution in [0.5, 0.6) is 5.88 Å². The van der Waals surface area contributed by atoms with Crippen LogP contribution in [-0.2, 0) is 11.3 Å². The zero-order chi connectivity index (χ0) is 18.4. The van der Waals surface area contributed by atoms with Gasteiger partial charge in [0.1, 0.15) is 18.1 Å². The van der Waals surface area contributed by atoms with E-state index in [4.69, 9.17) is 9.84 Å². The Morgan fingerprint density at radius 2 is 1.88 bits per heavy atom. The third-order valence-corrected chi connectivity index (χ3v) is 3.20. The van der Waals surface area contributed by atoms with E-state index < -0.39 is 24.2 Å². The molecule has 0 aliphatic carbocycles. The molecule has 6 nitrogen and oxygen atoms in total. The van der Waals surface area contributed by atoms with Gasteiger partial charge in [0.15, 0.2) is 0 Å². The average molecular weight is 346 g/mol. The first-order valence-electron chi connectivity index (χ1n) is 7.74. The number of hydrogen-bond acceptors (Lipinski definition) is 4. The Kier molecular flexibility index (Phi) is 6.05. The van der Waals surface area contributed by atoms with Gasteiger partial charge in [-0.15, -0.1) is 0 Å². The molecule has 0 spiro atoms. The lowest BCUT2D eigenvalue weighted by molar-refractivity contribution is -0.137. The summed E-state index contributed by atoms with van der Waals surface area (Å²) in [4.78, 5) is 29.0. The summed E-state index contributed by atoms with van der Waals surface area (Å²) in [5.41, 5.74) is 0.701.